The summed E-state index contributed by atoms with van der Waals surface area (Å²) in [5.74, 6) is -0.809. The first kappa shape index (κ1) is 10.6. The van der Waals surface area contributed by atoms with Crippen molar-refractivity contribution in [1.82, 2.24) is 10.3 Å². The van der Waals surface area contributed by atoms with Gasteiger partial charge in [0.25, 0.3) is 5.91 Å². The van der Waals surface area contributed by atoms with Crippen molar-refractivity contribution in [3.63, 3.8) is 0 Å². The normalized spacial score (nSPS) is 12.2. The molecule has 5 heteroatoms. The quantitative estimate of drug-likeness (QED) is 0.732. The van der Waals surface area contributed by atoms with Crippen LogP contribution in [0.15, 0.2) is 18.3 Å². The number of aromatic nitrogens is 1. The van der Waals surface area contributed by atoms with Crippen molar-refractivity contribution in [2.24, 2.45) is 5.73 Å². The first-order valence-electron chi connectivity index (χ1n) is 4.26. The number of rotatable bonds is 3. The van der Waals surface area contributed by atoms with E-state index >= 15 is 0 Å². The number of carbonyl (C=O) groups excluding carboxylic acids is 1. The van der Waals surface area contributed by atoms with Crippen LogP contribution in [0, 0.1) is 5.82 Å². The number of halogens is 1. The molecule has 4 nitrogen and oxygen atoms in total. The maximum Gasteiger partial charge on any atom is 0.270 e. The van der Waals surface area contributed by atoms with Gasteiger partial charge in [-0.05, 0) is 19.1 Å². The average Bonchev–Trinajstić information content (AvgIpc) is 2.18. The Kier molecular flexibility index (Phi) is 3.53. The molecule has 3 N–H and O–H groups in total. The molecule has 1 heterocycles. The molecule has 0 aromatic carbocycles. The summed E-state index contributed by atoms with van der Waals surface area (Å²) in [7, 11) is 0. The van der Waals surface area contributed by atoms with Crippen LogP contribution in [0.5, 0.6) is 0 Å². The number of hydrogen-bond donors (Lipinski definition) is 2. The van der Waals surface area contributed by atoms with Gasteiger partial charge in [0.05, 0.1) is 6.20 Å². The zero-order valence-corrected chi connectivity index (χ0v) is 7.83. The van der Waals surface area contributed by atoms with Gasteiger partial charge in [0, 0.05) is 12.6 Å². The number of hydrogen-bond acceptors (Lipinski definition) is 3. The molecular weight excluding hydrogens is 185 g/mol. The largest absolute Gasteiger partial charge is 0.347 e. The number of nitrogens with one attached hydrogen (secondary N) is 1. The van der Waals surface area contributed by atoms with E-state index in [0.29, 0.717) is 6.54 Å². The van der Waals surface area contributed by atoms with Crippen LogP contribution in [0.3, 0.4) is 0 Å². The van der Waals surface area contributed by atoms with Crippen LogP contribution in [-0.2, 0) is 0 Å². The fraction of sp³-hybridized carbons (Fsp3) is 0.333. The van der Waals surface area contributed by atoms with Crippen LogP contribution >= 0.6 is 0 Å². The Labute approximate surface area is 81.3 Å². The van der Waals surface area contributed by atoms with Crippen LogP contribution in [0.4, 0.5) is 4.39 Å². The van der Waals surface area contributed by atoms with Crippen LogP contribution in [-0.4, -0.2) is 23.5 Å². The lowest BCUT2D eigenvalue weighted by Crippen LogP contribution is -2.38. The van der Waals surface area contributed by atoms with Crippen molar-refractivity contribution < 1.29 is 9.18 Å². The predicted molar refractivity (Wildman–Crippen MR) is 50.2 cm³/mol. The minimum Gasteiger partial charge on any atom is -0.347 e. The zero-order valence-electron chi connectivity index (χ0n) is 7.83. The first-order valence-corrected chi connectivity index (χ1v) is 4.26. The summed E-state index contributed by atoms with van der Waals surface area (Å²) in [6.45, 7) is 2.13. The number of pyridine rings is 1. The monoisotopic (exact) mass is 197 g/mol. The van der Waals surface area contributed by atoms with E-state index in [2.05, 4.69) is 10.3 Å². The predicted octanol–water partition coefficient (Wildman–Crippen LogP) is 0.298. The second-order valence-electron chi connectivity index (χ2n) is 2.97. The van der Waals surface area contributed by atoms with E-state index in [1.807, 2.05) is 0 Å². The number of nitrogens with zero attached hydrogens (tertiary/aromatic N) is 1. The molecule has 0 aliphatic rings. The molecule has 1 aromatic heterocycles. The lowest BCUT2D eigenvalue weighted by molar-refractivity contribution is 0.0936. The van der Waals surface area contributed by atoms with Gasteiger partial charge in [-0.3, -0.25) is 4.79 Å². The molecule has 1 rings (SSSR count). The lowest BCUT2D eigenvalue weighted by Gasteiger charge is -2.10. The van der Waals surface area contributed by atoms with Gasteiger partial charge in [0.15, 0.2) is 0 Å². The molecule has 0 bridgehead atoms. The topological polar surface area (TPSA) is 68.0 Å². The summed E-state index contributed by atoms with van der Waals surface area (Å²) in [4.78, 5) is 15.0. The van der Waals surface area contributed by atoms with Gasteiger partial charge in [0.1, 0.15) is 11.5 Å². The standard InChI is InChI=1S/C9H12FN3O/c1-6(4-11)13-9(14)8-3-2-7(10)5-12-8/h2-3,5-6H,4,11H2,1H3,(H,13,14). The van der Waals surface area contributed by atoms with Crippen molar-refractivity contribution in [2.75, 3.05) is 6.54 Å². The Morgan fingerprint density at radius 2 is 2.43 bits per heavy atom. The van der Waals surface area contributed by atoms with E-state index in [1.165, 1.54) is 12.1 Å². The third-order valence-electron chi connectivity index (χ3n) is 1.69. The molecule has 0 spiro atoms. The van der Waals surface area contributed by atoms with Gasteiger partial charge in [-0.15, -0.1) is 0 Å². The van der Waals surface area contributed by atoms with Crippen LogP contribution in [0.1, 0.15) is 17.4 Å². The Hall–Kier alpha value is -1.49. The highest BCUT2D eigenvalue weighted by Gasteiger charge is 2.09. The maximum atomic E-state index is 12.5. The van der Waals surface area contributed by atoms with Gasteiger partial charge in [-0.1, -0.05) is 0 Å². The highest BCUT2D eigenvalue weighted by molar-refractivity contribution is 5.92. The Bertz CT molecular complexity index is 312. The molecule has 0 aliphatic heterocycles. The summed E-state index contributed by atoms with van der Waals surface area (Å²) in [6.07, 6.45) is 1.00. The summed E-state index contributed by atoms with van der Waals surface area (Å²) in [5.41, 5.74) is 5.51. The smallest absolute Gasteiger partial charge is 0.270 e. The minimum atomic E-state index is -0.464. The van der Waals surface area contributed by atoms with E-state index in [0.717, 1.165) is 6.20 Å². The summed E-state index contributed by atoms with van der Waals surface area (Å²) in [6, 6.07) is 2.40. The Morgan fingerprint density at radius 1 is 1.71 bits per heavy atom. The lowest BCUT2D eigenvalue weighted by atomic mass is 10.3. The third-order valence-corrected chi connectivity index (χ3v) is 1.69. The highest BCUT2D eigenvalue weighted by Crippen LogP contribution is 1.98. The van der Waals surface area contributed by atoms with E-state index in [4.69, 9.17) is 5.73 Å². The molecule has 14 heavy (non-hydrogen) atoms. The number of carbonyl (C=O) groups is 1. The van der Waals surface area contributed by atoms with Crippen LogP contribution < -0.4 is 11.1 Å². The molecule has 1 amide bonds. The molecular formula is C9H12FN3O. The molecule has 1 atom stereocenters. The number of nitrogens with two attached hydrogens (primary N) is 1. The van der Waals surface area contributed by atoms with Gasteiger partial charge in [-0.2, -0.15) is 0 Å². The molecule has 0 saturated heterocycles. The third kappa shape index (κ3) is 2.77. The minimum absolute atomic E-state index is 0.116. The SMILES string of the molecule is CC(CN)NC(=O)c1ccc(F)cn1. The molecule has 1 unspecified atom stereocenters. The van der Waals surface area contributed by atoms with E-state index < -0.39 is 5.82 Å². The molecule has 1 aromatic rings. The molecule has 0 radical (unpaired) electrons. The van der Waals surface area contributed by atoms with Crippen LogP contribution in [0.25, 0.3) is 0 Å². The second kappa shape index (κ2) is 4.66. The summed E-state index contributed by atoms with van der Waals surface area (Å²) < 4.78 is 12.5. The van der Waals surface area contributed by atoms with Gasteiger partial charge >= 0.3 is 0 Å². The summed E-state index contributed by atoms with van der Waals surface area (Å²) in [5, 5.41) is 2.62. The average molecular weight is 197 g/mol. The molecule has 0 aliphatic carbocycles. The van der Waals surface area contributed by atoms with Crippen molar-refractivity contribution >= 4 is 5.91 Å². The molecule has 0 saturated carbocycles. The van der Waals surface area contributed by atoms with Crippen molar-refractivity contribution in [1.29, 1.82) is 0 Å². The van der Waals surface area contributed by atoms with E-state index in [-0.39, 0.29) is 17.6 Å². The fourth-order valence-corrected chi connectivity index (χ4v) is 0.867. The molecule has 0 fully saturated rings. The zero-order chi connectivity index (χ0) is 10.6. The van der Waals surface area contributed by atoms with Crippen molar-refractivity contribution in [3.8, 4) is 0 Å². The van der Waals surface area contributed by atoms with Crippen molar-refractivity contribution in [2.45, 2.75) is 13.0 Å². The Morgan fingerprint density at radius 3 is 2.93 bits per heavy atom. The van der Waals surface area contributed by atoms with E-state index in [1.54, 1.807) is 6.92 Å². The van der Waals surface area contributed by atoms with Gasteiger partial charge < -0.3 is 11.1 Å². The van der Waals surface area contributed by atoms with Gasteiger partial charge in [-0.25, -0.2) is 9.37 Å². The Balaban J connectivity index is 2.65. The second-order valence-corrected chi connectivity index (χ2v) is 2.97. The van der Waals surface area contributed by atoms with Crippen LogP contribution in [0.2, 0.25) is 0 Å². The maximum absolute atomic E-state index is 12.5. The first-order chi connectivity index (χ1) is 6.63. The van der Waals surface area contributed by atoms with Crippen molar-refractivity contribution in [3.05, 3.63) is 29.8 Å². The summed E-state index contributed by atoms with van der Waals surface area (Å²) >= 11 is 0. The van der Waals surface area contributed by atoms with E-state index in [9.17, 15) is 9.18 Å². The van der Waals surface area contributed by atoms with Gasteiger partial charge in [0.2, 0.25) is 0 Å². The number of amides is 1. The fourth-order valence-electron chi connectivity index (χ4n) is 0.867. The molecule has 76 valence electrons. The highest BCUT2D eigenvalue weighted by atomic mass is 19.1.